The van der Waals surface area contributed by atoms with E-state index in [1.807, 2.05) is 23.0 Å². The number of nitrogens with zero attached hydrogens (tertiary/aromatic N) is 1. The molecule has 0 aliphatic carbocycles. The molecule has 1 aliphatic rings. The Kier molecular flexibility index (Phi) is 5.54. The van der Waals surface area contributed by atoms with Crippen LogP contribution in [0.4, 0.5) is 0 Å². The van der Waals surface area contributed by atoms with Gasteiger partial charge in [0.05, 0.1) is 19.3 Å². The van der Waals surface area contributed by atoms with Crippen molar-refractivity contribution in [2.75, 3.05) is 26.3 Å². The third-order valence-electron chi connectivity index (χ3n) is 2.68. The first-order chi connectivity index (χ1) is 6.25. The highest BCUT2D eigenvalue weighted by atomic mass is 127. The summed E-state index contributed by atoms with van der Waals surface area (Å²) in [5, 5.41) is 0. The van der Waals surface area contributed by atoms with E-state index in [0.29, 0.717) is 12.1 Å². The molecule has 4 heteroatoms. The van der Waals surface area contributed by atoms with Crippen LogP contribution in [0.3, 0.4) is 0 Å². The van der Waals surface area contributed by atoms with E-state index in [1.54, 1.807) is 0 Å². The lowest BCUT2D eigenvalue weighted by Crippen LogP contribution is -2.48. The van der Waals surface area contributed by atoms with Crippen LogP contribution in [0.25, 0.3) is 0 Å². The van der Waals surface area contributed by atoms with E-state index in [0.717, 1.165) is 32.7 Å². The zero-order chi connectivity index (χ0) is 9.68. The predicted octanol–water partition coefficient (Wildman–Crippen LogP) is 1.85. The van der Waals surface area contributed by atoms with Crippen LogP contribution in [-0.4, -0.2) is 43.3 Å². The van der Waals surface area contributed by atoms with Gasteiger partial charge in [-0.25, -0.2) is 0 Å². The van der Waals surface area contributed by atoms with Crippen molar-refractivity contribution in [1.82, 2.24) is 4.90 Å². The Morgan fingerprint density at radius 3 is 3.00 bits per heavy atom. The molecule has 3 nitrogen and oxygen atoms in total. The first-order valence-electron chi connectivity index (χ1n) is 4.85. The van der Waals surface area contributed by atoms with Crippen molar-refractivity contribution >= 4 is 23.0 Å². The summed E-state index contributed by atoms with van der Waals surface area (Å²) in [5.41, 5.74) is 0. The second-order valence-corrected chi connectivity index (χ2v) is 4.14. The average molecular weight is 299 g/mol. The maximum absolute atomic E-state index is 5.55. The van der Waals surface area contributed by atoms with Crippen LogP contribution in [-0.2, 0) is 7.80 Å². The van der Waals surface area contributed by atoms with Crippen LogP contribution in [0.15, 0.2) is 0 Å². The van der Waals surface area contributed by atoms with E-state index in [-0.39, 0.29) is 0 Å². The molecule has 1 fully saturated rings. The van der Waals surface area contributed by atoms with Crippen molar-refractivity contribution < 1.29 is 7.80 Å². The molecule has 1 heterocycles. The third kappa shape index (κ3) is 3.69. The summed E-state index contributed by atoms with van der Waals surface area (Å²) in [4.78, 5) is 2.48. The van der Waals surface area contributed by atoms with Gasteiger partial charge in [-0.1, -0.05) is 0 Å². The molecule has 1 aliphatic heterocycles. The molecule has 2 unspecified atom stereocenters. The highest BCUT2D eigenvalue weighted by Gasteiger charge is 2.24. The lowest BCUT2D eigenvalue weighted by Gasteiger charge is -2.37. The molecule has 0 saturated carbocycles. The lowest BCUT2D eigenvalue weighted by molar-refractivity contribution is -0.0558. The SMILES string of the molecule is CC1OCCN(CCCOI)C1C. The van der Waals surface area contributed by atoms with Gasteiger partial charge in [-0.15, -0.1) is 0 Å². The Morgan fingerprint density at radius 2 is 2.31 bits per heavy atom. The quantitative estimate of drug-likeness (QED) is 0.584. The number of morpholine rings is 1. The Morgan fingerprint density at radius 1 is 1.54 bits per heavy atom. The summed E-state index contributed by atoms with van der Waals surface area (Å²) < 4.78 is 10.6. The number of halogens is 1. The largest absolute Gasteiger partial charge is 0.376 e. The molecule has 2 atom stereocenters. The molecule has 0 N–H and O–H groups in total. The summed E-state index contributed by atoms with van der Waals surface area (Å²) in [6.07, 6.45) is 1.48. The molecule has 0 aromatic heterocycles. The van der Waals surface area contributed by atoms with Gasteiger partial charge in [-0.2, -0.15) is 0 Å². The van der Waals surface area contributed by atoms with Crippen LogP contribution < -0.4 is 0 Å². The molecular weight excluding hydrogens is 281 g/mol. The normalized spacial score (nSPS) is 30.7. The van der Waals surface area contributed by atoms with E-state index in [9.17, 15) is 0 Å². The summed E-state index contributed by atoms with van der Waals surface area (Å²) in [6.45, 7) is 8.28. The molecule has 0 amide bonds. The lowest BCUT2D eigenvalue weighted by atomic mass is 10.1. The van der Waals surface area contributed by atoms with Crippen molar-refractivity contribution in [2.24, 2.45) is 0 Å². The molecular formula is C9H18INO2. The molecule has 1 saturated heterocycles. The molecule has 0 aromatic carbocycles. The maximum atomic E-state index is 5.55. The van der Waals surface area contributed by atoms with Gasteiger partial charge >= 0.3 is 0 Å². The van der Waals surface area contributed by atoms with E-state index < -0.39 is 0 Å². The second-order valence-electron chi connectivity index (χ2n) is 3.52. The fourth-order valence-electron chi connectivity index (χ4n) is 1.63. The third-order valence-corrected chi connectivity index (χ3v) is 3.12. The van der Waals surface area contributed by atoms with Crippen LogP contribution in [0.2, 0.25) is 0 Å². The van der Waals surface area contributed by atoms with Gasteiger partial charge in [0.15, 0.2) is 0 Å². The van der Waals surface area contributed by atoms with Gasteiger partial charge in [0, 0.05) is 19.1 Å². The fourth-order valence-corrected chi connectivity index (χ4v) is 1.94. The Balaban J connectivity index is 2.23. The standard InChI is InChI=1S/C9H18INO2/c1-8-9(2)12-7-5-11(8)4-3-6-13-10/h8-9H,3-7H2,1-2H3. The Hall–Kier alpha value is 0.610. The molecule has 0 spiro atoms. The topological polar surface area (TPSA) is 21.7 Å². The van der Waals surface area contributed by atoms with Gasteiger partial charge < -0.3 is 7.80 Å². The molecule has 0 bridgehead atoms. The van der Waals surface area contributed by atoms with Gasteiger partial charge in [0.25, 0.3) is 0 Å². The van der Waals surface area contributed by atoms with E-state index in [2.05, 4.69) is 18.7 Å². The first kappa shape index (κ1) is 11.7. The summed E-state index contributed by atoms with van der Waals surface area (Å²) in [7, 11) is 0. The van der Waals surface area contributed by atoms with Gasteiger partial charge in [-0.05, 0) is 20.3 Å². The van der Waals surface area contributed by atoms with Crippen LogP contribution in [0, 0.1) is 0 Å². The summed E-state index contributed by atoms with van der Waals surface area (Å²) >= 11 is 1.95. The zero-order valence-electron chi connectivity index (χ0n) is 8.33. The van der Waals surface area contributed by atoms with E-state index in [4.69, 9.17) is 7.80 Å². The Labute approximate surface area is 94.5 Å². The Bertz CT molecular complexity index is 146. The molecule has 0 aromatic rings. The average Bonchev–Trinajstić information content (AvgIpc) is 2.13. The number of ether oxygens (including phenoxy) is 1. The predicted molar refractivity (Wildman–Crippen MR) is 61.0 cm³/mol. The molecule has 0 radical (unpaired) electrons. The minimum atomic E-state index is 0.370. The van der Waals surface area contributed by atoms with E-state index >= 15 is 0 Å². The highest BCUT2D eigenvalue weighted by Crippen LogP contribution is 2.13. The van der Waals surface area contributed by atoms with Gasteiger partial charge in [-0.3, -0.25) is 4.90 Å². The zero-order valence-corrected chi connectivity index (χ0v) is 10.5. The monoisotopic (exact) mass is 299 g/mol. The first-order valence-corrected chi connectivity index (χ1v) is 5.73. The van der Waals surface area contributed by atoms with Crippen molar-refractivity contribution in [2.45, 2.75) is 32.4 Å². The molecule has 13 heavy (non-hydrogen) atoms. The highest BCUT2D eigenvalue weighted by molar-refractivity contribution is 14.1. The minimum absolute atomic E-state index is 0.370. The van der Waals surface area contributed by atoms with Crippen LogP contribution in [0.1, 0.15) is 20.3 Å². The number of rotatable bonds is 4. The van der Waals surface area contributed by atoms with Crippen LogP contribution in [0.5, 0.6) is 0 Å². The molecule has 78 valence electrons. The van der Waals surface area contributed by atoms with Crippen LogP contribution >= 0.6 is 23.0 Å². The number of hydrogen-bond acceptors (Lipinski definition) is 3. The maximum Gasteiger partial charge on any atom is 0.109 e. The minimum Gasteiger partial charge on any atom is -0.376 e. The smallest absolute Gasteiger partial charge is 0.109 e. The van der Waals surface area contributed by atoms with Gasteiger partial charge in [0.2, 0.25) is 0 Å². The number of hydrogen-bond donors (Lipinski definition) is 0. The van der Waals surface area contributed by atoms with Crippen molar-refractivity contribution in [3.8, 4) is 0 Å². The second kappa shape index (κ2) is 6.16. The fraction of sp³-hybridized carbons (Fsp3) is 1.00. The summed E-state index contributed by atoms with van der Waals surface area (Å²) in [5.74, 6) is 0. The van der Waals surface area contributed by atoms with Crippen molar-refractivity contribution in [3.05, 3.63) is 0 Å². The van der Waals surface area contributed by atoms with Crippen molar-refractivity contribution in [3.63, 3.8) is 0 Å². The molecule has 1 rings (SSSR count). The van der Waals surface area contributed by atoms with E-state index in [1.165, 1.54) is 0 Å². The summed E-state index contributed by atoms with van der Waals surface area (Å²) in [6, 6.07) is 0.544. The van der Waals surface area contributed by atoms with Gasteiger partial charge in [0.1, 0.15) is 23.0 Å². The van der Waals surface area contributed by atoms with Crippen molar-refractivity contribution in [1.29, 1.82) is 0 Å².